The van der Waals surface area contributed by atoms with Crippen LogP contribution in [0.25, 0.3) is 0 Å². The van der Waals surface area contributed by atoms with Crippen LogP contribution in [0.5, 0.6) is 0 Å². The Balaban J connectivity index is 1.79. The van der Waals surface area contributed by atoms with Crippen LogP contribution in [0, 0.1) is 3.57 Å². The van der Waals surface area contributed by atoms with Crippen molar-refractivity contribution in [3.8, 4) is 0 Å². The molecule has 82 valence electrons. The van der Waals surface area contributed by atoms with E-state index in [0.29, 0.717) is 6.10 Å². The molecule has 1 atom stereocenters. The predicted molar refractivity (Wildman–Crippen MR) is 69.8 cm³/mol. The molecule has 2 rings (SSSR count). The number of rotatable bonds is 3. The second-order valence-corrected chi connectivity index (χ2v) is 5.15. The fourth-order valence-electron chi connectivity index (χ4n) is 1.76. The summed E-state index contributed by atoms with van der Waals surface area (Å²) in [7, 11) is 0. The van der Waals surface area contributed by atoms with Crippen LogP contribution in [0.3, 0.4) is 0 Å². The smallest absolute Gasteiger partial charge is 0.0721 e. The number of halogens is 1. The molecule has 1 aromatic rings. The van der Waals surface area contributed by atoms with Crippen LogP contribution in [-0.2, 0) is 11.3 Å². The molecule has 1 saturated heterocycles. The Labute approximate surface area is 105 Å². The monoisotopic (exact) mass is 317 g/mol. The molecule has 0 unspecified atom stereocenters. The Kier molecular flexibility index (Phi) is 4.41. The van der Waals surface area contributed by atoms with Crippen molar-refractivity contribution in [2.24, 2.45) is 0 Å². The van der Waals surface area contributed by atoms with Crippen LogP contribution >= 0.6 is 22.6 Å². The summed E-state index contributed by atoms with van der Waals surface area (Å²) in [6.45, 7) is 2.89. The van der Waals surface area contributed by atoms with Crippen LogP contribution in [-0.4, -0.2) is 19.2 Å². The first-order chi connectivity index (χ1) is 7.34. The first kappa shape index (κ1) is 11.4. The largest absolute Gasteiger partial charge is 0.372 e. The summed E-state index contributed by atoms with van der Waals surface area (Å²) in [5.74, 6) is 0. The minimum atomic E-state index is 0.401. The highest BCUT2D eigenvalue weighted by Gasteiger charge is 2.12. The van der Waals surface area contributed by atoms with Gasteiger partial charge in [-0.2, -0.15) is 0 Å². The van der Waals surface area contributed by atoms with E-state index in [4.69, 9.17) is 4.74 Å². The van der Waals surface area contributed by atoms with Crippen LogP contribution < -0.4 is 5.32 Å². The van der Waals surface area contributed by atoms with Gasteiger partial charge in [0.15, 0.2) is 0 Å². The first-order valence-corrected chi connectivity index (χ1v) is 6.49. The van der Waals surface area contributed by atoms with Crippen LogP contribution in [0.15, 0.2) is 24.3 Å². The lowest BCUT2D eigenvalue weighted by Gasteiger charge is -2.23. The van der Waals surface area contributed by atoms with Crippen LogP contribution in [0.2, 0.25) is 0 Å². The zero-order chi connectivity index (χ0) is 10.5. The molecule has 2 nitrogen and oxygen atoms in total. The molecule has 0 spiro atoms. The molecule has 1 aliphatic heterocycles. The van der Waals surface area contributed by atoms with Gasteiger partial charge in [0.25, 0.3) is 0 Å². The molecule has 0 radical (unpaired) electrons. The number of hydrogen-bond donors (Lipinski definition) is 1. The molecule has 1 heterocycles. The van der Waals surface area contributed by atoms with Gasteiger partial charge in [-0.3, -0.25) is 0 Å². The van der Waals surface area contributed by atoms with Crippen molar-refractivity contribution in [2.45, 2.75) is 25.6 Å². The van der Waals surface area contributed by atoms with Crippen molar-refractivity contribution in [1.29, 1.82) is 0 Å². The highest BCUT2D eigenvalue weighted by atomic mass is 127. The summed E-state index contributed by atoms with van der Waals surface area (Å²) in [4.78, 5) is 0. The van der Waals surface area contributed by atoms with Gasteiger partial charge in [-0.15, -0.1) is 0 Å². The molecule has 3 heteroatoms. The summed E-state index contributed by atoms with van der Waals surface area (Å²) in [6, 6.07) is 8.52. The van der Waals surface area contributed by atoms with Crippen molar-refractivity contribution in [2.75, 3.05) is 13.1 Å². The molecule has 1 fully saturated rings. The van der Waals surface area contributed by atoms with Gasteiger partial charge in [0.2, 0.25) is 0 Å². The lowest BCUT2D eigenvalue weighted by molar-refractivity contribution is 0.0253. The normalized spacial score (nSPS) is 21.5. The van der Waals surface area contributed by atoms with E-state index in [0.717, 1.165) is 19.7 Å². The van der Waals surface area contributed by atoms with E-state index in [9.17, 15) is 0 Å². The number of hydrogen-bond acceptors (Lipinski definition) is 2. The Hall–Kier alpha value is -0.130. The van der Waals surface area contributed by atoms with E-state index in [1.54, 1.807) is 0 Å². The average molecular weight is 317 g/mol. The fourth-order valence-corrected chi connectivity index (χ4v) is 2.12. The Morgan fingerprint density at radius 1 is 1.33 bits per heavy atom. The maximum absolute atomic E-state index is 5.84. The Morgan fingerprint density at radius 2 is 2.13 bits per heavy atom. The number of benzene rings is 1. The molecule has 0 saturated carbocycles. The zero-order valence-corrected chi connectivity index (χ0v) is 10.9. The molecule has 0 bridgehead atoms. The van der Waals surface area contributed by atoms with Gasteiger partial charge in [-0.25, -0.2) is 0 Å². The van der Waals surface area contributed by atoms with E-state index < -0.39 is 0 Å². The van der Waals surface area contributed by atoms with Crippen molar-refractivity contribution in [3.63, 3.8) is 0 Å². The summed E-state index contributed by atoms with van der Waals surface area (Å²) in [6.07, 6.45) is 2.83. The Morgan fingerprint density at radius 3 is 2.80 bits per heavy atom. The third-order valence-corrected chi connectivity index (χ3v) is 3.37. The lowest BCUT2D eigenvalue weighted by Crippen LogP contribution is -2.35. The van der Waals surface area contributed by atoms with Gasteiger partial charge < -0.3 is 10.1 Å². The van der Waals surface area contributed by atoms with Gasteiger partial charge in [0.1, 0.15) is 0 Å². The minimum absolute atomic E-state index is 0.401. The molecule has 1 aliphatic rings. The predicted octanol–water partition coefficient (Wildman–Crippen LogP) is 2.56. The molecular formula is C12H16INO. The van der Waals surface area contributed by atoms with Crippen molar-refractivity contribution >= 4 is 22.6 Å². The van der Waals surface area contributed by atoms with E-state index in [-0.39, 0.29) is 0 Å². The van der Waals surface area contributed by atoms with Gasteiger partial charge in [-0.05, 0) is 59.7 Å². The van der Waals surface area contributed by atoms with Crippen LogP contribution in [0.4, 0.5) is 0 Å². The number of piperidine rings is 1. The maximum Gasteiger partial charge on any atom is 0.0721 e. The molecular weight excluding hydrogens is 301 g/mol. The first-order valence-electron chi connectivity index (χ1n) is 5.41. The van der Waals surface area contributed by atoms with Crippen molar-refractivity contribution < 1.29 is 4.74 Å². The zero-order valence-electron chi connectivity index (χ0n) is 8.71. The van der Waals surface area contributed by atoms with E-state index in [2.05, 4.69) is 52.2 Å². The molecule has 1 aromatic carbocycles. The second-order valence-electron chi connectivity index (χ2n) is 3.91. The third-order valence-electron chi connectivity index (χ3n) is 2.65. The summed E-state index contributed by atoms with van der Waals surface area (Å²) < 4.78 is 7.12. The fraction of sp³-hybridized carbons (Fsp3) is 0.500. The SMILES string of the molecule is Ic1ccc(CO[C@@H]2CCCNC2)cc1. The second kappa shape index (κ2) is 5.82. The van der Waals surface area contributed by atoms with Gasteiger partial charge in [0.05, 0.1) is 12.7 Å². The quantitative estimate of drug-likeness (QED) is 0.865. The van der Waals surface area contributed by atoms with E-state index in [1.807, 2.05) is 0 Å². The molecule has 1 N–H and O–H groups in total. The van der Waals surface area contributed by atoms with Crippen molar-refractivity contribution in [1.82, 2.24) is 5.32 Å². The van der Waals surface area contributed by atoms with Crippen LogP contribution in [0.1, 0.15) is 18.4 Å². The topological polar surface area (TPSA) is 21.3 Å². The minimum Gasteiger partial charge on any atom is -0.372 e. The van der Waals surface area contributed by atoms with E-state index >= 15 is 0 Å². The highest BCUT2D eigenvalue weighted by molar-refractivity contribution is 14.1. The number of nitrogens with one attached hydrogen (secondary N) is 1. The van der Waals surface area contributed by atoms with Gasteiger partial charge in [-0.1, -0.05) is 12.1 Å². The molecule has 0 amide bonds. The molecule has 0 aliphatic carbocycles. The number of ether oxygens (including phenoxy) is 1. The summed E-state index contributed by atoms with van der Waals surface area (Å²) in [5, 5.41) is 3.35. The van der Waals surface area contributed by atoms with Crippen molar-refractivity contribution in [3.05, 3.63) is 33.4 Å². The summed E-state index contributed by atoms with van der Waals surface area (Å²) in [5.41, 5.74) is 1.26. The Bertz CT molecular complexity index is 293. The molecule has 0 aromatic heterocycles. The van der Waals surface area contributed by atoms with Gasteiger partial charge >= 0.3 is 0 Å². The molecule has 15 heavy (non-hydrogen) atoms. The maximum atomic E-state index is 5.84. The lowest BCUT2D eigenvalue weighted by atomic mass is 10.1. The standard InChI is InChI=1S/C12H16INO/c13-11-5-3-10(4-6-11)9-15-12-2-1-7-14-8-12/h3-6,12,14H,1-2,7-9H2/t12-/m1/s1. The highest BCUT2D eigenvalue weighted by Crippen LogP contribution is 2.11. The van der Waals surface area contributed by atoms with Gasteiger partial charge in [0, 0.05) is 10.1 Å². The van der Waals surface area contributed by atoms with E-state index in [1.165, 1.54) is 22.0 Å². The average Bonchev–Trinajstić information content (AvgIpc) is 2.30. The summed E-state index contributed by atoms with van der Waals surface area (Å²) >= 11 is 2.32. The third kappa shape index (κ3) is 3.74.